The molecule has 0 bridgehead atoms. The molecule has 0 spiro atoms. The fourth-order valence-electron chi connectivity index (χ4n) is 3.57. The van der Waals surface area contributed by atoms with E-state index in [1.165, 1.54) is 52.0 Å². The van der Waals surface area contributed by atoms with Crippen LogP contribution in [0.2, 0.25) is 0 Å². The minimum absolute atomic E-state index is 0.770. The lowest BCUT2D eigenvalue weighted by atomic mass is 10.0. The van der Waals surface area contributed by atoms with E-state index in [-0.39, 0.29) is 0 Å². The molecule has 1 aliphatic heterocycles. The van der Waals surface area contributed by atoms with Crippen molar-refractivity contribution < 1.29 is 0 Å². The van der Waals surface area contributed by atoms with E-state index in [1.54, 1.807) is 0 Å². The lowest BCUT2D eigenvalue weighted by molar-refractivity contribution is 0.0751. The van der Waals surface area contributed by atoms with E-state index in [4.69, 9.17) is 5.73 Å². The first-order chi connectivity index (χ1) is 8.20. The highest BCUT2D eigenvalue weighted by Gasteiger charge is 2.32. The fraction of sp³-hybridized carbons (Fsp3) is 1.00. The first-order valence-corrected chi connectivity index (χ1v) is 7.37. The van der Waals surface area contributed by atoms with Crippen molar-refractivity contribution in [3.63, 3.8) is 0 Å². The molecule has 2 unspecified atom stereocenters. The van der Waals surface area contributed by atoms with Gasteiger partial charge in [-0.3, -0.25) is 4.90 Å². The summed E-state index contributed by atoms with van der Waals surface area (Å²) in [6, 6.07) is 0.793. The monoisotopic (exact) mass is 239 g/mol. The van der Waals surface area contributed by atoms with Crippen molar-refractivity contribution in [2.24, 2.45) is 17.6 Å². The van der Waals surface area contributed by atoms with Gasteiger partial charge in [-0.1, -0.05) is 20.3 Å². The summed E-state index contributed by atoms with van der Waals surface area (Å²) in [4.78, 5) is 5.33. The minimum Gasteiger partial charge on any atom is -0.330 e. The smallest absolute Gasteiger partial charge is 0.0137 e. The Morgan fingerprint density at radius 3 is 2.41 bits per heavy atom. The van der Waals surface area contributed by atoms with Crippen molar-refractivity contribution in [2.75, 3.05) is 39.3 Å². The zero-order chi connectivity index (χ0) is 12.3. The molecule has 3 heteroatoms. The van der Waals surface area contributed by atoms with Gasteiger partial charge >= 0.3 is 0 Å². The molecule has 17 heavy (non-hydrogen) atoms. The molecule has 3 nitrogen and oxygen atoms in total. The number of rotatable bonds is 4. The van der Waals surface area contributed by atoms with Crippen LogP contribution in [0.5, 0.6) is 0 Å². The largest absolute Gasteiger partial charge is 0.330 e. The zero-order valence-corrected chi connectivity index (χ0v) is 11.6. The molecule has 100 valence electrons. The maximum atomic E-state index is 5.89. The molecule has 2 aliphatic rings. The summed E-state index contributed by atoms with van der Waals surface area (Å²) in [5, 5.41) is 0. The van der Waals surface area contributed by atoms with E-state index in [0.717, 1.165) is 24.4 Å². The van der Waals surface area contributed by atoms with Crippen LogP contribution in [0.15, 0.2) is 0 Å². The Balaban J connectivity index is 1.78. The zero-order valence-electron chi connectivity index (χ0n) is 11.6. The number of hydrogen-bond acceptors (Lipinski definition) is 3. The van der Waals surface area contributed by atoms with E-state index < -0.39 is 0 Å². The molecule has 0 radical (unpaired) electrons. The molecule has 1 heterocycles. The van der Waals surface area contributed by atoms with E-state index in [9.17, 15) is 0 Å². The average molecular weight is 239 g/mol. The van der Waals surface area contributed by atoms with Gasteiger partial charge in [0.05, 0.1) is 0 Å². The maximum absolute atomic E-state index is 5.89. The number of hydrogen-bond donors (Lipinski definition) is 1. The third-order valence-electron chi connectivity index (χ3n) is 4.42. The molecule has 2 fully saturated rings. The highest BCUT2D eigenvalue weighted by atomic mass is 15.3. The predicted molar refractivity (Wildman–Crippen MR) is 73.0 cm³/mol. The van der Waals surface area contributed by atoms with Crippen LogP contribution in [0.4, 0.5) is 0 Å². The molecule has 1 saturated carbocycles. The molecular formula is C14H29N3. The van der Waals surface area contributed by atoms with E-state index in [2.05, 4.69) is 23.6 Å². The Morgan fingerprint density at radius 1 is 1.12 bits per heavy atom. The first-order valence-electron chi connectivity index (χ1n) is 7.37. The molecule has 0 aromatic rings. The van der Waals surface area contributed by atoms with E-state index in [1.807, 2.05) is 0 Å². The Hall–Kier alpha value is -0.120. The Morgan fingerprint density at radius 2 is 1.82 bits per heavy atom. The van der Waals surface area contributed by atoms with Crippen molar-refractivity contribution in [3.8, 4) is 0 Å². The summed E-state index contributed by atoms with van der Waals surface area (Å²) >= 11 is 0. The van der Waals surface area contributed by atoms with Crippen LogP contribution in [0.25, 0.3) is 0 Å². The SMILES string of the molecule is CC(C)CN1CCN(C2CCCC2CN)CC1. The summed E-state index contributed by atoms with van der Waals surface area (Å²) < 4.78 is 0. The topological polar surface area (TPSA) is 32.5 Å². The van der Waals surface area contributed by atoms with Gasteiger partial charge in [-0.15, -0.1) is 0 Å². The van der Waals surface area contributed by atoms with Crippen LogP contribution in [-0.2, 0) is 0 Å². The van der Waals surface area contributed by atoms with Crippen LogP contribution in [0, 0.1) is 11.8 Å². The number of piperazine rings is 1. The van der Waals surface area contributed by atoms with Gasteiger partial charge in [-0.05, 0) is 31.2 Å². The van der Waals surface area contributed by atoms with Gasteiger partial charge in [-0.2, -0.15) is 0 Å². The third-order valence-corrected chi connectivity index (χ3v) is 4.42. The Kier molecular flexibility index (Phi) is 4.83. The third kappa shape index (κ3) is 3.43. The number of nitrogens with two attached hydrogens (primary N) is 1. The maximum Gasteiger partial charge on any atom is 0.0137 e. The summed E-state index contributed by atoms with van der Waals surface area (Å²) in [6.45, 7) is 11.8. The second-order valence-corrected chi connectivity index (χ2v) is 6.22. The highest BCUT2D eigenvalue weighted by molar-refractivity contribution is 4.88. The highest BCUT2D eigenvalue weighted by Crippen LogP contribution is 2.29. The lowest BCUT2D eigenvalue weighted by Gasteiger charge is -2.40. The van der Waals surface area contributed by atoms with Gasteiger partial charge in [0, 0.05) is 38.8 Å². The molecule has 1 aliphatic carbocycles. The van der Waals surface area contributed by atoms with E-state index >= 15 is 0 Å². The second kappa shape index (κ2) is 6.17. The minimum atomic E-state index is 0.770. The van der Waals surface area contributed by atoms with Gasteiger partial charge in [0.15, 0.2) is 0 Å². The standard InChI is InChI=1S/C14H29N3/c1-12(2)11-16-6-8-17(9-7-16)14-5-3-4-13(14)10-15/h12-14H,3-11,15H2,1-2H3. The van der Waals surface area contributed by atoms with Crippen LogP contribution in [0.1, 0.15) is 33.1 Å². The summed E-state index contributed by atoms with van der Waals surface area (Å²) in [5.41, 5.74) is 5.89. The van der Waals surface area contributed by atoms with Crippen LogP contribution in [-0.4, -0.2) is 55.1 Å². The Labute approximate surface area is 106 Å². The molecule has 2 N–H and O–H groups in total. The summed E-state index contributed by atoms with van der Waals surface area (Å²) in [7, 11) is 0. The van der Waals surface area contributed by atoms with Crippen molar-refractivity contribution in [1.82, 2.24) is 9.80 Å². The molecule has 0 aromatic carbocycles. The number of nitrogens with zero attached hydrogens (tertiary/aromatic N) is 2. The molecule has 1 saturated heterocycles. The van der Waals surface area contributed by atoms with Crippen LogP contribution < -0.4 is 5.73 Å². The first kappa shape index (κ1) is 13.3. The van der Waals surface area contributed by atoms with Gasteiger partial charge in [-0.25, -0.2) is 0 Å². The second-order valence-electron chi connectivity index (χ2n) is 6.22. The molecule has 0 amide bonds. The predicted octanol–water partition coefficient (Wildman–Crippen LogP) is 1.39. The summed E-state index contributed by atoms with van der Waals surface area (Å²) in [6.07, 6.45) is 4.12. The Bertz CT molecular complexity index is 222. The van der Waals surface area contributed by atoms with Crippen LogP contribution >= 0.6 is 0 Å². The van der Waals surface area contributed by atoms with Gasteiger partial charge in [0.25, 0.3) is 0 Å². The molecule has 0 aromatic heterocycles. The normalized spacial score (nSPS) is 32.5. The van der Waals surface area contributed by atoms with Gasteiger partial charge < -0.3 is 10.6 Å². The van der Waals surface area contributed by atoms with Gasteiger partial charge in [0.2, 0.25) is 0 Å². The average Bonchev–Trinajstić information content (AvgIpc) is 2.77. The van der Waals surface area contributed by atoms with Gasteiger partial charge in [0.1, 0.15) is 0 Å². The van der Waals surface area contributed by atoms with Crippen molar-refractivity contribution in [1.29, 1.82) is 0 Å². The fourth-order valence-corrected chi connectivity index (χ4v) is 3.57. The molecular weight excluding hydrogens is 210 g/mol. The van der Waals surface area contributed by atoms with Crippen molar-refractivity contribution in [3.05, 3.63) is 0 Å². The molecule has 2 rings (SSSR count). The summed E-state index contributed by atoms with van der Waals surface area (Å²) in [5.74, 6) is 1.57. The van der Waals surface area contributed by atoms with Crippen molar-refractivity contribution >= 4 is 0 Å². The molecule has 2 atom stereocenters. The lowest BCUT2D eigenvalue weighted by Crippen LogP contribution is -2.52. The quantitative estimate of drug-likeness (QED) is 0.804. The van der Waals surface area contributed by atoms with E-state index in [0.29, 0.717) is 0 Å². The van der Waals surface area contributed by atoms with Crippen molar-refractivity contribution in [2.45, 2.75) is 39.2 Å². The van der Waals surface area contributed by atoms with Crippen LogP contribution in [0.3, 0.4) is 0 Å².